The minimum atomic E-state index is -0.304. The average Bonchev–Trinajstić information content (AvgIpc) is 3.32. The summed E-state index contributed by atoms with van der Waals surface area (Å²) >= 11 is 12.7. The molecule has 5 rings (SSSR count). The minimum absolute atomic E-state index is 0.0974. The number of rotatable bonds is 2. The Morgan fingerprint density at radius 3 is 2.63 bits per heavy atom. The van der Waals surface area contributed by atoms with E-state index in [4.69, 9.17) is 28.9 Å². The second kappa shape index (κ2) is 7.89. The number of carbonyl (C=O) groups is 1. The van der Waals surface area contributed by atoms with Crippen molar-refractivity contribution in [1.29, 1.82) is 0 Å². The summed E-state index contributed by atoms with van der Waals surface area (Å²) in [4.78, 5) is 17.6. The predicted molar refractivity (Wildman–Crippen MR) is 118 cm³/mol. The smallest absolute Gasteiger partial charge is 0.232 e. The molecular formula is C21H30Cl2N6O. The number of likely N-dealkylation sites (tertiary alicyclic amines) is 1. The van der Waals surface area contributed by atoms with Crippen LogP contribution in [0, 0.1) is 11.3 Å². The first-order valence-electron chi connectivity index (χ1n) is 10.9. The van der Waals surface area contributed by atoms with Crippen molar-refractivity contribution in [3.05, 3.63) is 33.8 Å². The summed E-state index contributed by atoms with van der Waals surface area (Å²) in [7, 11) is 1.89. The highest BCUT2D eigenvalue weighted by Gasteiger charge is 2.51. The molecule has 0 radical (unpaired) electrons. The number of carbonyl (C=O) groups excluding carboxylic acids is 1. The van der Waals surface area contributed by atoms with Crippen LogP contribution in [-0.4, -0.2) is 54.3 Å². The molecule has 30 heavy (non-hydrogen) atoms. The third kappa shape index (κ3) is 3.26. The largest absolute Gasteiger partial charge is 0.327 e. The van der Waals surface area contributed by atoms with Crippen molar-refractivity contribution in [3.63, 3.8) is 0 Å². The van der Waals surface area contributed by atoms with E-state index in [1.54, 1.807) is 6.07 Å². The molecule has 4 aliphatic rings. The monoisotopic (exact) mass is 452 g/mol. The SMILES string of the molecule is CN1C(=O)C2C(NNC2c2cccc(Cl)c2Cl)NC1N1CCC2(CCC[C@H]2N)CC1. The van der Waals surface area contributed by atoms with Crippen LogP contribution in [0.25, 0.3) is 0 Å². The predicted octanol–water partition coefficient (Wildman–Crippen LogP) is 2.02. The molecule has 5 atom stereocenters. The van der Waals surface area contributed by atoms with Crippen LogP contribution < -0.4 is 21.9 Å². The average molecular weight is 453 g/mol. The maximum Gasteiger partial charge on any atom is 0.232 e. The van der Waals surface area contributed by atoms with Gasteiger partial charge in [-0.3, -0.25) is 15.0 Å². The number of fused-ring (bicyclic) bond motifs is 1. The van der Waals surface area contributed by atoms with Crippen LogP contribution in [0.15, 0.2) is 18.2 Å². The van der Waals surface area contributed by atoms with Gasteiger partial charge in [0.15, 0.2) is 0 Å². The lowest BCUT2D eigenvalue weighted by Gasteiger charge is -2.50. The van der Waals surface area contributed by atoms with Crippen molar-refractivity contribution < 1.29 is 4.79 Å². The third-order valence-corrected chi connectivity index (χ3v) is 8.71. The van der Waals surface area contributed by atoms with Crippen molar-refractivity contribution in [2.24, 2.45) is 17.1 Å². The van der Waals surface area contributed by atoms with Crippen LogP contribution in [0.1, 0.15) is 43.7 Å². The number of nitrogens with one attached hydrogen (secondary N) is 3. The van der Waals surface area contributed by atoms with Crippen molar-refractivity contribution in [1.82, 2.24) is 26.0 Å². The molecular weight excluding hydrogens is 423 g/mol. The van der Waals surface area contributed by atoms with Crippen molar-refractivity contribution in [2.45, 2.75) is 56.6 Å². The molecule has 3 aliphatic heterocycles. The summed E-state index contributed by atoms with van der Waals surface area (Å²) in [6.45, 7) is 1.91. The summed E-state index contributed by atoms with van der Waals surface area (Å²) in [5, 5.41) is 4.63. The Morgan fingerprint density at radius 2 is 1.93 bits per heavy atom. The number of benzene rings is 1. The fraction of sp³-hybridized carbons (Fsp3) is 0.667. The highest BCUT2D eigenvalue weighted by Crippen LogP contribution is 2.46. The summed E-state index contributed by atoms with van der Waals surface area (Å²) < 4.78 is 0. The zero-order valence-electron chi connectivity index (χ0n) is 17.2. The zero-order valence-corrected chi connectivity index (χ0v) is 18.7. The summed E-state index contributed by atoms with van der Waals surface area (Å²) in [6.07, 6.45) is 5.54. The zero-order chi connectivity index (χ0) is 21.0. The molecule has 3 saturated heterocycles. The van der Waals surface area contributed by atoms with Gasteiger partial charge in [-0.25, -0.2) is 10.9 Å². The first kappa shape index (κ1) is 20.9. The molecule has 1 spiro atoms. The van der Waals surface area contributed by atoms with Gasteiger partial charge in [-0.15, -0.1) is 0 Å². The number of hydrogen-bond acceptors (Lipinski definition) is 6. The maximum atomic E-state index is 13.4. The number of halogens is 2. The number of hydrazine groups is 1. The van der Waals surface area contributed by atoms with Gasteiger partial charge in [0.2, 0.25) is 5.91 Å². The van der Waals surface area contributed by atoms with Gasteiger partial charge in [0.1, 0.15) is 6.29 Å². The lowest BCUT2D eigenvalue weighted by Crippen LogP contribution is -2.70. The summed E-state index contributed by atoms with van der Waals surface area (Å²) in [5.41, 5.74) is 14.1. The van der Waals surface area contributed by atoms with Gasteiger partial charge in [0.05, 0.1) is 28.2 Å². The van der Waals surface area contributed by atoms with Gasteiger partial charge < -0.3 is 10.6 Å². The van der Waals surface area contributed by atoms with Gasteiger partial charge in [-0.05, 0) is 42.7 Å². The Hall–Kier alpha value is -0.930. The second-order valence-electron chi connectivity index (χ2n) is 9.30. The van der Waals surface area contributed by atoms with Crippen LogP contribution in [-0.2, 0) is 4.79 Å². The molecule has 0 aromatic heterocycles. The fourth-order valence-corrected chi connectivity index (χ4v) is 6.42. The molecule has 1 aromatic carbocycles. The van der Waals surface area contributed by atoms with E-state index in [2.05, 4.69) is 21.1 Å². The first-order chi connectivity index (χ1) is 14.4. The van der Waals surface area contributed by atoms with Crippen molar-refractivity contribution in [2.75, 3.05) is 20.1 Å². The third-order valence-electron chi connectivity index (χ3n) is 7.87. The van der Waals surface area contributed by atoms with E-state index in [0.717, 1.165) is 37.9 Å². The highest BCUT2D eigenvalue weighted by molar-refractivity contribution is 6.42. The molecule has 3 heterocycles. The van der Waals surface area contributed by atoms with Gasteiger partial charge in [0, 0.05) is 26.2 Å². The lowest BCUT2D eigenvalue weighted by atomic mass is 9.74. The van der Waals surface area contributed by atoms with Crippen LogP contribution >= 0.6 is 23.2 Å². The quantitative estimate of drug-likeness (QED) is 0.549. The van der Waals surface area contributed by atoms with Crippen LogP contribution in [0.4, 0.5) is 0 Å². The van der Waals surface area contributed by atoms with E-state index in [1.807, 2.05) is 24.1 Å². The van der Waals surface area contributed by atoms with Gasteiger partial charge in [-0.1, -0.05) is 41.8 Å². The molecule has 1 amide bonds. The number of nitrogens with zero attached hydrogens (tertiary/aromatic N) is 2. The molecule has 4 unspecified atom stereocenters. The topological polar surface area (TPSA) is 85.7 Å². The Morgan fingerprint density at radius 1 is 1.17 bits per heavy atom. The molecule has 1 aliphatic carbocycles. The molecule has 9 heteroatoms. The number of nitrogens with two attached hydrogens (primary N) is 1. The number of hydrogen-bond donors (Lipinski definition) is 4. The van der Waals surface area contributed by atoms with Gasteiger partial charge >= 0.3 is 0 Å². The van der Waals surface area contributed by atoms with E-state index in [-0.39, 0.29) is 30.3 Å². The van der Waals surface area contributed by atoms with Gasteiger partial charge in [0.25, 0.3) is 0 Å². The Balaban J connectivity index is 1.31. The molecule has 1 aromatic rings. The molecule has 164 valence electrons. The maximum absolute atomic E-state index is 13.4. The van der Waals surface area contributed by atoms with Crippen LogP contribution in [0.3, 0.4) is 0 Å². The van der Waals surface area contributed by atoms with Crippen LogP contribution in [0.2, 0.25) is 10.0 Å². The van der Waals surface area contributed by atoms with E-state index >= 15 is 0 Å². The normalized spacial score (nSPS) is 36.5. The Kier molecular flexibility index (Phi) is 5.51. The molecule has 1 saturated carbocycles. The van der Waals surface area contributed by atoms with E-state index in [0.29, 0.717) is 21.5 Å². The fourth-order valence-electron chi connectivity index (χ4n) is 5.99. The summed E-state index contributed by atoms with van der Waals surface area (Å²) in [6, 6.07) is 5.63. The first-order valence-corrected chi connectivity index (χ1v) is 11.6. The molecule has 0 bridgehead atoms. The summed E-state index contributed by atoms with van der Waals surface area (Å²) in [5.74, 6) is -0.207. The molecule has 7 nitrogen and oxygen atoms in total. The minimum Gasteiger partial charge on any atom is -0.327 e. The van der Waals surface area contributed by atoms with Gasteiger partial charge in [-0.2, -0.15) is 0 Å². The molecule has 5 N–H and O–H groups in total. The van der Waals surface area contributed by atoms with E-state index in [9.17, 15) is 4.79 Å². The lowest BCUT2D eigenvalue weighted by molar-refractivity contribution is -0.151. The number of amides is 1. The standard InChI is InChI=1S/C21H30Cl2N6O/c1-28-19(30)15-17(12-4-2-5-13(22)16(12)23)26-27-18(15)25-20(28)29-10-8-21(9-11-29)7-3-6-14(21)24/h2,4-5,14-15,17-18,20,25-27H,3,6-11,24H2,1H3/t14-,15?,17?,18?,20?/m1/s1. The van der Waals surface area contributed by atoms with Crippen LogP contribution in [0.5, 0.6) is 0 Å². The molecule has 4 fully saturated rings. The Bertz CT molecular complexity index is 830. The Labute approximate surface area is 187 Å². The van der Waals surface area contributed by atoms with Crippen molar-refractivity contribution in [3.8, 4) is 0 Å². The highest BCUT2D eigenvalue weighted by atomic mass is 35.5. The van der Waals surface area contributed by atoms with E-state index in [1.165, 1.54) is 12.8 Å². The van der Waals surface area contributed by atoms with E-state index < -0.39 is 0 Å². The van der Waals surface area contributed by atoms with Crippen molar-refractivity contribution >= 4 is 29.1 Å². The second-order valence-corrected chi connectivity index (χ2v) is 10.1. The number of piperidine rings is 1.